The molecule has 1 fully saturated rings. The number of ether oxygens (including phenoxy) is 1. The van der Waals surface area contributed by atoms with Crippen LogP contribution in [-0.2, 0) is 15.3 Å². The largest absolute Gasteiger partial charge is 0.347 e. The Bertz CT molecular complexity index is 404. The van der Waals surface area contributed by atoms with Gasteiger partial charge < -0.3 is 4.74 Å². The smallest absolute Gasteiger partial charge is 0.324 e. The van der Waals surface area contributed by atoms with Crippen molar-refractivity contribution in [3.05, 3.63) is 35.9 Å². The van der Waals surface area contributed by atoms with Crippen LogP contribution in [0.3, 0.4) is 0 Å². The fraction of sp³-hybridized carbons (Fsp3) is 0.200. The van der Waals surface area contributed by atoms with Gasteiger partial charge >= 0.3 is 6.03 Å². The third kappa shape index (κ3) is 1.37. The minimum atomic E-state index is -1.39. The van der Waals surface area contributed by atoms with Crippen molar-refractivity contribution in [2.45, 2.75) is 5.72 Å². The van der Waals surface area contributed by atoms with E-state index < -0.39 is 17.7 Å². The summed E-state index contributed by atoms with van der Waals surface area (Å²) in [5.74, 6) is -0.499. The zero-order chi connectivity index (χ0) is 10.9. The maximum Gasteiger partial charge on any atom is 0.324 e. The summed E-state index contributed by atoms with van der Waals surface area (Å²) in [7, 11) is 1.37. The standard InChI is InChI=1S/C10H10N2O3/c1-15-10(7-5-3-2-4-6-7)8(13)11-9(14)12-10/h2-6H,1H3,(H2,11,12,13,14). The maximum absolute atomic E-state index is 11.6. The van der Waals surface area contributed by atoms with Gasteiger partial charge in [0.05, 0.1) is 0 Å². The Balaban J connectivity index is 2.47. The van der Waals surface area contributed by atoms with E-state index in [1.54, 1.807) is 24.3 Å². The molecule has 1 atom stereocenters. The minimum Gasteiger partial charge on any atom is -0.347 e. The van der Waals surface area contributed by atoms with Gasteiger partial charge in [-0.2, -0.15) is 0 Å². The van der Waals surface area contributed by atoms with Crippen molar-refractivity contribution in [3.8, 4) is 0 Å². The molecule has 0 saturated carbocycles. The predicted octanol–water partition coefficient (Wildman–Crippen LogP) is 0.325. The molecule has 15 heavy (non-hydrogen) atoms. The number of amides is 3. The monoisotopic (exact) mass is 206 g/mol. The van der Waals surface area contributed by atoms with E-state index >= 15 is 0 Å². The molecule has 1 aromatic rings. The lowest BCUT2D eigenvalue weighted by atomic mass is 10.0. The van der Waals surface area contributed by atoms with E-state index in [0.717, 1.165) is 0 Å². The Morgan fingerprint density at radius 2 is 1.87 bits per heavy atom. The van der Waals surface area contributed by atoms with Gasteiger partial charge in [-0.1, -0.05) is 30.3 Å². The Kier molecular flexibility index (Phi) is 2.17. The van der Waals surface area contributed by atoms with Crippen LogP contribution >= 0.6 is 0 Å². The first-order valence-corrected chi connectivity index (χ1v) is 4.43. The number of nitrogens with one attached hydrogen (secondary N) is 2. The summed E-state index contributed by atoms with van der Waals surface area (Å²) in [5, 5.41) is 4.60. The van der Waals surface area contributed by atoms with Crippen molar-refractivity contribution in [1.29, 1.82) is 0 Å². The molecule has 0 radical (unpaired) electrons. The van der Waals surface area contributed by atoms with Gasteiger partial charge in [-0.05, 0) is 0 Å². The number of imide groups is 1. The molecule has 0 spiro atoms. The van der Waals surface area contributed by atoms with Crippen molar-refractivity contribution in [2.75, 3.05) is 7.11 Å². The lowest BCUT2D eigenvalue weighted by molar-refractivity contribution is -0.142. The summed E-state index contributed by atoms with van der Waals surface area (Å²) in [5.41, 5.74) is -0.797. The third-order valence-electron chi connectivity index (χ3n) is 2.32. The van der Waals surface area contributed by atoms with E-state index in [-0.39, 0.29) is 0 Å². The second-order valence-corrected chi connectivity index (χ2v) is 3.16. The summed E-state index contributed by atoms with van der Waals surface area (Å²) in [4.78, 5) is 22.7. The zero-order valence-electron chi connectivity index (χ0n) is 8.11. The van der Waals surface area contributed by atoms with E-state index in [0.29, 0.717) is 5.56 Å². The van der Waals surface area contributed by atoms with Crippen LogP contribution in [0.5, 0.6) is 0 Å². The molecule has 2 N–H and O–H groups in total. The topological polar surface area (TPSA) is 67.4 Å². The van der Waals surface area contributed by atoms with Crippen LogP contribution < -0.4 is 10.6 Å². The molecule has 1 unspecified atom stereocenters. The minimum absolute atomic E-state index is 0.499. The Labute approximate surface area is 86.4 Å². The van der Waals surface area contributed by atoms with Crippen molar-refractivity contribution in [2.24, 2.45) is 0 Å². The molecule has 0 aliphatic carbocycles. The lowest BCUT2D eigenvalue weighted by Crippen LogP contribution is -2.45. The number of carbonyl (C=O) groups is 2. The van der Waals surface area contributed by atoms with Crippen LogP contribution in [0.25, 0.3) is 0 Å². The van der Waals surface area contributed by atoms with E-state index in [9.17, 15) is 9.59 Å². The van der Waals surface area contributed by atoms with Crippen molar-refractivity contribution < 1.29 is 14.3 Å². The third-order valence-corrected chi connectivity index (χ3v) is 2.32. The van der Waals surface area contributed by atoms with Gasteiger partial charge in [0.2, 0.25) is 5.72 Å². The molecule has 5 nitrogen and oxygen atoms in total. The number of hydrogen-bond acceptors (Lipinski definition) is 3. The summed E-state index contributed by atoms with van der Waals surface area (Å²) in [6.45, 7) is 0. The van der Waals surface area contributed by atoms with Gasteiger partial charge in [0.1, 0.15) is 0 Å². The van der Waals surface area contributed by atoms with Crippen LogP contribution in [0.2, 0.25) is 0 Å². The molecule has 1 aromatic carbocycles. The molecule has 3 amide bonds. The first-order valence-electron chi connectivity index (χ1n) is 4.43. The molecule has 1 saturated heterocycles. The number of methoxy groups -OCH3 is 1. The molecule has 78 valence electrons. The highest BCUT2D eigenvalue weighted by atomic mass is 16.5. The summed E-state index contributed by atoms with van der Waals surface area (Å²) in [6, 6.07) is 8.25. The SMILES string of the molecule is COC1(c2ccccc2)NC(=O)NC1=O. The molecular weight excluding hydrogens is 196 g/mol. The van der Waals surface area contributed by atoms with E-state index in [1.807, 2.05) is 6.07 Å². The van der Waals surface area contributed by atoms with Crippen molar-refractivity contribution in [1.82, 2.24) is 10.6 Å². The van der Waals surface area contributed by atoms with Gasteiger partial charge in [-0.3, -0.25) is 15.4 Å². The molecule has 5 heteroatoms. The molecule has 2 rings (SSSR count). The number of urea groups is 1. The van der Waals surface area contributed by atoms with Crippen LogP contribution in [0.1, 0.15) is 5.56 Å². The molecule has 1 heterocycles. The summed E-state index contributed by atoms with van der Waals surface area (Å²) in [6.07, 6.45) is 0. The number of carbonyl (C=O) groups excluding carboxylic acids is 2. The van der Waals surface area contributed by atoms with Crippen LogP contribution in [-0.4, -0.2) is 19.0 Å². The predicted molar refractivity (Wildman–Crippen MR) is 51.8 cm³/mol. The molecule has 0 bridgehead atoms. The Morgan fingerprint density at radius 1 is 1.20 bits per heavy atom. The number of rotatable bonds is 2. The summed E-state index contributed by atoms with van der Waals surface area (Å²) < 4.78 is 5.12. The highest BCUT2D eigenvalue weighted by Crippen LogP contribution is 2.25. The van der Waals surface area contributed by atoms with E-state index in [2.05, 4.69) is 10.6 Å². The highest BCUT2D eigenvalue weighted by Gasteiger charge is 2.48. The average molecular weight is 206 g/mol. The highest BCUT2D eigenvalue weighted by molar-refractivity contribution is 6.06. The van der Waals surface area contributed by atoms with Crippen LogP contribution in [0, 0.1) is 0 Å². The number of benzene rings is 1. The van der Waals surface area contributed by atoms with Crippen molar-refractivity contribution in [3.63, 3.8) is 0 Å². The lowest BCUT2D eigenvalue weighted by Gasteiger charge is -2.24. The normalized spacial score (nSPS) is 24.9. The quantitative estimate of drug-likeness (QED) is 0.685. The molecular formula is C10H10N2O3. The molecule has 1 aliphatic heterocycles. The van der Waals surface area contributed by atoms with Gasteiger partial charge in [0.15, 0.2) is 0 Å². The molecule has 1 aliphatic rings. The molecule has 0 aromatic heterocycles. The Hall–Kier alpha value is -1.88. The van der Waals surface area contributed by atoms with E-state index in [4.69, 9.17) is 4.74 Å². The average Bonchev–Trinajstić information content (AvgIpc) is 2.56. The zero-order valence-corrected chi connectivity index (χ0v) is 8.11. The maximum atomic E-state index is 11.6. The second-order valence-electron chi connectivity index (χ2n) is 3.16. The second kappa shape index (κ2) is 3.36. The number of hydrogen-bond donors (Lipinski definition) is 2. The fourth-order valence-corrected chi connectivity index (χ4v) is 1.58. The fourth-order valence-electron chi connectivity index (χ4n) is 1.58. The van der Waals surface area contributed by atoms with Crippen LogP contribution in [0.4, 0.5) is 4.79 Å². The van der Waals surface area contributed by atoms with E-state index in [1.165, 1.54) is 7.11 Å². The van der Waals surface area contributed by atoms with Crippen LogP contribution in [0.15, 0.2) is 30.3 Å². The van der Waals surface area contributed by atoms with Gasteiger partial charge in [0, 0.05) is 12.7 Å². The van der Waals surface area contributed by atoms with Gasteiger partial charge in [0.25, 0.3) is 5.91 Å². The first kappa shape index (κ1) is 9.67. The summed E-state index contributed by atoms with van der Waals surface area (Å²) >= 11 is 0. The Morgan fingerprint density at radius 3 is 2.33 bits per heavy atom. The van der Waals surface area contributed by atoms with Gasteiger partial charge in [-0.25, -0.2) is 4.79 Å². The van der Waals surface area contributed by atoms with Gasteiger partial charge in [-0.15, -0.1) is 0 Å². The van der Waals surface area contributed by atoms with Crippen molar-refractivity contribution >= 4 is 11.9 Å². The first-order chi connectivity index (χ1) is 7.19.